The van der Waals surface area contributed by atoms with Gasteiger partial charge in [-0.15, -0.1) is 0 Å². The third kappa shape index (κ3) is 13100. The van der Waals surface area contributed by atoms with Crippen molar-refractivity contribution in [3.05, 3.63) is 0 Å². The molecular weight excluding hydrogens is 269 g/mol. The van der Waals surface area contributed by atoms with Crippen LogP contribution < -0.4 is 0 Å². The van der Waals surface area contributed by atoms with Crippen LogP contribution in [-0.2, 0) is 0 Å². The van der Waals surface area contributed by atoms with E-state index in [1.807, 2.05) is 0 Å². The summed E-state index contributed by atoms with van der Waals surface area (Å²) in [6, 6.07) is 0. The predicted molar refractivity (Wildman–Crippen MR) is 52.7 cm³/mol. The first-order valence-corrected chi connectivity index (χ1v) is 2.98. The van der Waals surface area contributed by atoms with Gasteiger partial charge in [-0.1, -0.05) is 0 Å². The summed E-state index contributed by atoms with van der Waals surface area (Å²) < 4.78 is 0. The Bertz CT molecular complexity index is 121. The van der Waals surface area contributed by atoms with Gasteiger partial charge in [0.15, 0.2) is 0 Å². The van der Waals surface area contributed by atoms with Gasteiger partial charge in [0.1, 0.15) is 0 Å². The van der Waals surface area contributed by atoms with Crippen molar-refractivity contribution in [2.45, 2.75) is 0 Å². The van der Waals surface area contributed by atoms with Crippen LogP contribution in [0.15, 0.2) is 0 Å². The Morgan fingerprint density at radius 2 is 0.692 bits per heavy atom. The van der Waals surface area contributed by atoms with Crippen molar-refractivity contribution in [2.24, 2.45) is 0 Å². The lowest BCUT2D eigenvalue weighted by molar-refractivity contribution is 0.219. The molecule has 80 valence electrons. The molecule has 3 N–H and O–H groups in total. The lowest BCUT2D eigenvalue weighted by atomic mass is 11.6. The standard InChI is InChI=1S/3CHClO2.H3P/c3*2-1(3)4;/h3*(H,3,4);1H3. The first-order chi connectivity index (χ1) is 5.20. The molecule has 0 saturated carbocycles. The molecule has 0 bridgehead atoms. The van der Waals surface area contributed by atoms with Crippen molar-refractivity contribution in [1.82, 2.24) is 0 Å². The molecule has 0 aromatic carbocycles. The largest absolute Gasteiger partial charge is 0.469 e. The van der Waals surface area contributed by atoms with Crippen LogP contribution >= 0.6 is 44.7 Å². The molecular formula is C3H6Cl3O6P. The Labute approximate surface area is 91.0 Å². The Balaban J connectivity index is -0.0000000450. The van der Waals surface area contributed by atoms with Gasteiger partial charge in [0.25, 0.3) is 0 Å². The van der Waals surface area contributed by atoms with Gasteiger partial charge in [-0.25, -0.2) is 14.4 Å². The van der Waals surface area contributed by atoms with Gasteiger partial charge in [0, 0.05) is 34.8 Å². The molecule has 0 radical (unpaired) electrons. The van der Waals surface area contributed by atoms with Gasteiger partial charge in [-0.3, -0.25) is 0 Å². The van der Waals surface area contributed by atoms with Gasteiger partial charge in [-0.05, 0) is 0 Å². The SMILES string of the molecule is O=C(O)Cl.O=C(O)Cl.O=C(O)Cl.P. The van der Waals surface area contributed by atoms with Crippen LogP contribution in [0, 0.1) is 0 Å². The third-order valence-corrected chi connectivity index (χ3v) is 0. The minimum Gasteiger partial charge on any atom is -0.469 e. The maximum absolute atomic E-state index is 8.77. The number of rotatable bonds is 0. The van der Waals surface area contributed by atoms with Crippen molar-refractivity contribution in [1.29, 1.82) is 0 Å². The van der Waals surface area contributed by atoms with E-state index in [9.17, 15) is 0 Å². The second-order valence-corrected chi connectivity index (χ2v) is 1.73. The minimum absolute atomic E-state index is 0. The van der Waals surface area contributed by atoms with Crippen molar-refractivity contribution < 1.29 is 29.7 Å². The summed E-state index contributed by atoms with van der Waals surface area (Å²) in [6.07, 6.45) is 0. The smallest absolute Gasteiger partial charge is 0.401 e. The topological polar surface area (TPSA) is 112 Å². The molecule has 0 aromatic heterocycles. The highest BCUT2D eigenvalue weighted by Crippen LogP contribution is 1.68. The van der Waals surface area contributed by atoms with Crippen LogP contribution in [0.5, 0.6) is 0 Å². The quantitative estimate of drug-likeness (QED) is 0.463. The molecule has 0 rings (SSSR count). The number of carbonyl (C=O) groups is 3. The minimum atomic E-state index is -1.36. The van der Waals surface area contributed by atoms with E-state index in [0.717, 1.165) is 0 Å². The van der Waals surface area contributed by atoms with E-state index in [4.69, 9.17) is 29.7 Å². The zero-order valence-electron chi connectivity index (χ0n) is 5.91. The lowest BCUT2D eigenvalue weighted by Crippen LogP contribution is -1.66. The highest BCUT2D eigenvalue weighted by Gasteiger charge is 1.71. The van der Waals surface area contributed by atoms with E-state index < -0.39 is 16.3 Å². The lowest BCUT2D eigenvalue weighted by Gasteiger charge is -1.55. The summed E-state index contributed by atoms with van der Waals surface area (Å²) in [5, 5.41) is 21.5. The summed E-state index contributed by atoms with van der Waals surface area (Å²) in [4.78, 5) is 26.3. The van der Waals surface area contributed by atoms with Crippen molar-refractivity contribution >= 4 is 61.0 Å². The first kappa shape index (κ1) is 23.0. The molecule has 13 heavy (non-hydrogen) atoms. The van der Waals surface area contributed by atoms with Gasteiger partial charge < -0.3 is 15.3 Å². The maximum atomic E-state index is 8.77. The molecule has 0 fully saturated rings. The monoisotopic (exact) mass is 274 g/mol. The molecule has 0 aromatic rings. The summed E-state index contributed by atoms with van der Waals surface area (Å²) in [5.41, 5.74) is -4.08. The highest BCUT2D eigenvalue weighted by atomic mass is 35.5. The molecule has 1 atom stereocenters. The van der Waals surface area contributed by atoms with E-state index in [0.29, 0.717) is 0 Å². The van der Waals surface area contributed by atoms with Crippen LogP contribution in [0.2, 0.25) is 0 Å². The Morgan fingerprint density at radius 3 is 0.692 bits per heavy atom. The second kappa shape index (κ2) is 17.7. The van der Waals surface area contributed by atoms with Crippen LogP contribution in [-0.4, -0.2) is 31.6 Å². The summed E-state index contributed by atoms with van der Waals surface area (Å²) in [6.45, 7) is 0. The Kier molecular flexibility index (Phi) is 31.3. The third-order valence-electron chi connectivity index (χ3n) is 0. The summed E-state index contributed by atoms with van der Waals surface area (Å²) >= 11 is 12.6. The average molecular weight is 275 g/mol. The van der Waals surface area contributed by atoms with Gasteiger partial charge in [0.05, 0.1) is 0 Å². The highest BCUT2D eigenvalue weighted by molar-refractivity contribution is 6.92. The predicted octanol–water partition coefficient (Wildman–Crippen LogP) is 2.77. The van der Waals surface area contributed by atoms with Gasteiger partial charge in [-0.2, -0.15) is 9.90 Å². The number of hydrogen-bond acceptors (Lipinski definition) is 3. The summed E-state index contributed by atoms with van der Waals surface area (Å²) in [5.74, 6) is 0. The molecule has 6 nitrogen and oxygen atoms in total. The zero-order valence-corrected chi connectivity index (χ0v) is 9.59. The maximum Gasteiger partial charge on any atom is 0.401 e. The van der Waals surface area contributed by atoms with E-state index >= 15 is 0 Å². The van der Waals surface area contributed by atoms with E-state index in [-0.39, 0.29) is 9.90 Å². The molecule has 0 heterocycles. The molecule has 0 saturated heterocycles. The summed E-state index contributed by atoms with van der Waals surface area (Å²) in [7, 11) is 0. The molecule has 0 aliphatic heterocycles. The van der Waals surface area contributed by atoms with Crippen molar-refractivity contribution in [3.8, 4) is 0 Å². The molecule has 0 spiro atoms. The zero-order chi connectivity index (χ0) is 10.7. The van der Waals surface area contributed by atoms with Crippen LogP contribution in [0.1, 0.15) is 0 Å². The molecule has 0 amide bonds. The fourth-order valence-electron chi connectivity index (χ4n) is 0. The first-order valence-electron chi connectivity index (χ1n) is 1.85. The number of hydrogen-bond donors (Lipinski definition) is 3. The second-order valence-electron chi connectivity index (χ2n) is 0.759. The van der Waals surface area contributed by atoms with Crippen LogP contribution in [0.3, 0.4) is 0 Å². The molecule has 10 heteroatoms. The Morgan fingerprint density at radius 1 is 0.692 bits per heavy atom. The van der Waals surface area contributed by atoms with Crippen molar-refractivity contribution in [2.75, 3.05) is 0 Å². The van der Waals surface area contributed by atoms with E-state index in [1.165, 1.54) is 0 Å². The van der Waals surface area contributed by atoms with E-state index in [2.05, 4.69) is 34.8 Å². The van der Waals surface area contributed by atoms with Crippen LogP contribution in [0.4, 0.5) is 14.4 Å². The van der Waals surface area contributed by atoms with Gasteiger partial charge >= 0.3 is 16.3 Å². The molecule has 0 aliphatic carbocycles. The van der Waals surface area contributed by atoms with Crippen molar-refractivity contribution in [3.63, 3.8) is 0 Å². The number of carboxylic acid groups (broad SMARTS) is 3. The van der Waals surface area contributed by atoms with Gasteiger partial charge in [0.2, 0.25) is 0 Å². The Hall–Kier alpha value is -0.290. The average Bonchev–Trinajstić information content (AvgIpc) is 1.54. The fourth-order valence-corrected chi connectivity index (χ4v) is 0. The normalized spacial score (nSPS) is 5.77. The number of halogens is 3. The molecule has 0 aliphatic rings. The van der Waals surface area contributed by atoms with Crippen LogP contribution in [0.25, 0.3) is 0 Å². The van der Waals surface area contributed by atoms with E-state index in [1.54, 1.807) is 0 Å². The molecule has 1 unspecified atom stereocenters. The fraction of sp³-hybridized carbons (Fsp3) is 0.